The van der Waals surface area contributed by atoms with E-state index in [2.05, 4.69) is 5.32 Å². The predicted octanol–water partition coefficient (Wildman–Crippen LogP) is 1.61. The maximum Gasteiger partial charge on any atom is 0.308 e. The summed E-state index contributed by atoms with van der Waals surface area (Å²) in [6, 6.07) is -0.770. The average molecular weight is 378 g/mol. The molecule has 2 fully saturated rings. The maximum atomic E-state index is 12.4. The highest BCUT2D eigenvalue weighted by atomic mass is 16.5. The number of esters is 1. The number of nitrogens with one attached hydrogen (secondary N) is 1. The van der Waals surface area contributed by atoms with Gasteiger partial charge in [0, 0.05) is 32.1 Å². The first-order chi connectivity index (χ1) is 12.6. The quantitative estimate of drug-likeness (QED) is 0.429. The van der Waals surface area contributed by atoms with E-state index in [4.69, 9.17) is 4.74 Å². The van der Waals surface area contributed by atoms with Gasteiger partial charge in [-0.05, 0) is 17.8 Å². The summed E-state index contributed by atoms with van der Waals surface area (Å²) in [5, 5.41) is 2.73. The Balaban J connectivity index is 2.09. The van der Waals surface area contributed by atoms with Crippen LogP contribution in [-0.4, -0.2) is 54.1 Å². The molecule has 1 saturated carbocycles. The molecule has 7 heteroatoms. The van der Waals surface area contributed by atoms with Crippen molar-refractivity contribution in [3.05, 3.63) is 11.8 Å². The Morgan fingerprint density at radius 3 is 2.48 bits per heavy atom. The lowest BCUT2D eigenvalue weighted by Crippen LogP contribution is -2.54. The van der Waals surface area contributed by atoms with Crippen molar-refractivity contribution in [2.24, 2.45) is 11.3 Å². The monoisotopic (exact) mass is 378 g/mol. The van der Waals surface area contributed by atoms with Crippen molar-refractivity contribution in [3.8, 4) is 0 Å². The lowest BCUT2D eigenvalue weighted by Gasteiger charge is -2.35. The predicted molar refractivity (Wildman–Crippen MR) is 99.6 cm³/mol. The number of ketones is 2. The normalized spacial score (nSPS) is 22.7. The molecule has 27 heavy (non-hydrogen) atoms. The van der Waals surface area contributed by atoms with Crippen molar-refractivity contribution in [1.29, 1.82) is 0 Å². The fourth-order valence-corrected chi connectivity index (χ4v) is 3.31. The van der Waals surface area contributed by atoms with Crippen molar-refractivity contribution < 1.29 is 23.9 Å². The first-order valence-corrected chi connectivity index (χ1v) is 9.56. The van der Waals surface area contributed by atoms with E-state index < -0.39 is 12.0 Å². The van der Waals surface area contributed by atoms with Gasteiger partial charge in [-0.15, -0.1) is 0 Å². The summed E-state index contributed by atoms with van der Waals surface area (Å²) in [4.78, 5) is 50.8. The molecule has 0 bridgehead atoms. The van der Waals surface area contributed by atoms with Crippen LogP contribution < -0.4 is 5.32 Å². The minimum atomic E-state index is -0.770. The van der Waals surface area contributed by atoms with Gasteiger partial charge in [0.15, 0.2) is 11.6 Å². The number of Topliss-reactive ketones (excluding diaryl/α,β-unsaturated/α-hetero) is 2. The zero-order valence-electron chi connectivity index (χ0n) is 16.7. The molecule has 0 aromatic heterocycles. The second kappa shape index (κ2) is 8.67. The summed E-state index contributed by atoms with van der Waals surface area (Å²) in [7, 11) is 0. The molecule has 150 valence electrons. The molecule has 0 spiro atoms. The zero-order chi connectivity index (χ0) is 20.2. The number of amides is 1. The number of ether oxygens (including phenoxy) is 1. The molecule has 1 heterocycles. The first kappa shape index (κ1) is 21.1. The number of piperazine rings is 1. The second-order valence-corrected chi connectivity index (χ2v) is 8.56. The summed E-state index contributed by atoms with van der Waals surface area (Å²) >= 11 is 0. The summed E-state index contributed by atoms with van der Waals surface area (Å²) in [5.74, 6) is -0.746. The molecule has 2 aliphatic rings. The molecule has 1 saturated heterocycles. The number of hydrogen-bond donors (Lipinski definition) is 1. The van der Waals surface area contributed by atoms with Crippen LogP contribution in [0.15, 0.2) is 11.8 Å². The third-order valence-corrected chi connectivity index (χ3v) is 4.86. The van der Waals surface area contributed by atoms with Gasteiger partial charge in [0.05, 0.1) is 18.6 Å². The minimum absolute atomic E-state index is 0.110. The van der Waals surface area contributed by atoms with Crippen LogP contribution in [0.5, 0.6) is 0 Å². The Bertz CT molecular complexity index is 629. The summed E-state index contributed by atoms with van der Waals surface area (Å²) in [5.41, 5.74) is -0.216. The number of nitrogens with zero attached hydrogens (tertiary/aromatic N) is 1. The molecule has 0 aromatic carbocycles. The van der Waals surface area contributed by atoms with Gasteiger partial charge in [0.25, 0.3) is 0 Å². The Hall–Kier alpha value is -2.18. The van der Waals surface area contributed by atoms with Crippen molar-refractivity contribution in [3.63, 3.8) is 0 Å². The lowest BCUT2D eigenvalue weighted by atomic mass is 9.74. The molecule has 1 atom stereocenters. The van der Waals surface area contributed by atoms with Crippen LogP contribution >= 0.6 is 0 Å². The molecule has 0 radical (unpaired) electrons. The number of carbonyl (C=O) groups is 4. The molecule has 1 N–H and O–H groups in total. The first-order valence-electron chi connectivity index (χ1n) is 9.56. The van der Waals surface area contributed by atoms with Crippen LogP contribution in [0, 0.1) is 11.3 Å². The number of hydrogen-bond acceptors (Lipinski definition) is 6. The SMILES string of the molecule is CC(C)CCOC(=O)CC1C(=O)NCCN1C=C1C(=O)CC(C)(C)CC1=O. The third kappa shape index (κ3) is 5.91. The number of rotatable bonds is 6. The van der Waals surface area contributed by atoms with Gasteiger partial charge in [-0.1, -0.05) is 27.7 Å². The fraction of sp³-hybridized carbons (Fsp3) is 0.700. The Labute approximate surface area is 160 Å². The van der Waals surface area contributed by atoms with Crippen molar-refractivity contribution in [2.75, 3.05) is 19.7 Å². The van der Waals surface area contributed by atoms with Gasteiger partial charge in [0.2, 0.25) is 5.91 Å². The van der Waals surface area contributed by atoms with E-state index in [9.17, 15) is 19.2 Å². The largest absolute Gasteiger partial charge is 0.466 e. The highest BCUT2D eigenvalue weighted by Crippen LogP contribution is 2.34. The number of carbonyl (C=O) groups excluding carboxylic acids is 4. The van der Waals surface area contributed by atoms with Gasteiger partial charge in [0.1, 0.15) is 6.04 Å². The minimum Gasteiger partial charge on any atom is -0.466 e. The molecular formula is C20H30N2O5. The Morgan fingerprint density at radius 2 is 1.89 bits per heavy atom. The van der Waals surface area contributed by atoms with Crippen LogP contribution in [0.3, 0.4) is 0 Å². The fourth-order valence-electron chi connectivity index (χ4n) is 3.31. The highest BCUT2D eigenvalue weighted by molar-refractivity contribution is 6.22. The molecular weight excluding hydrogens is 348 g/mol. The van der Waals surface area contributed by atoms with E-state index >= 15 is 0 Å². The van der Waals surface area contributed by atoms with Crippen molar-refractivity contribution in [2.45, 2.75) is 59.4 Å². The smallest absolute Gasteiger partial charge is 0.308 e. The molecule has 7 nitrogen and oxygen atoms in total. The van der Waals surface area contributed by atoms with Gasteiger partial charge < -0.3 is 15.0 Å². The number of allylic oxidation sites excluding steroid dienone is 1. The standard InChI is InChI=1S/C20H30N2O5/c1-13(2)5-8-27-18(25)9-15-19(26)21-6-7-22(15)12-14-16(23)10-20(3,4)11-17(14)24/h12-13,15H,5-11H2,1-4H3,(H,21,26). The highest BCUT2D eigenvalue weighted by Gasteiger charge is 2.37. The molecule has 1 unspecified atom stereocenters. The maximum absolute atomic E-state index is 12.4. The van der Waals surface area contributed by atoms with E-state index in [1.807, 2.05) is 27.7 Å². The second-order valence-electron chi connectivity index (χ2n) is 8.56. The zero-order valence-corrected chi connectivity index (χ0v) is 16.7. The van der Waals surface area contributed by atoms with E-state index in [0.29, 0.717) is 38.5 Å². The molecule has 1 amide bonds. The van der Waals surface area contributed by atoms with E-state index in [0.717, 1.165) is 6.42 Å². The van der Waals surface area contributed by atoms with Gasteiger partial charge in [-0.3, -0.25) is 19.2 Å². The third-order valence-electron chi connectivity index (χ3n) is 4.86. The summed E-state index contributed by atoms with van der Waals surface area (Å²) < 4.78 is 5.21. The molecule has 1 aliphatic carbocycles. The van der Waals surface area contributed by atoms with Crippen LogP contribution in [0.2, 0.25) is 0 Å². The summed E-state index contributed by atoms with van der Waals surface area (Å²) in [6.45, 7) is 9.01. The van der Waals surface area contributed by atoms with Crippen molar-refractivity contribution in [1.82, 2.24) is 10.2 Å². The molecule has 1 aliphatic heterocycles. The van der Waals surface area contributed by atoms with Crippen LogP contribution in [0.1, 0.15) is 53.4 Å². The molecule has 2 rings (SSSR count). The van der Waals surface area contributed by atoms with E-state index in [1.165, 1.54) is 6.20 Å². The van der Waals surface area contributed by atoms with Crippen LogP contribution in [0.4, 0.5) is 0 Å². The van der Waals surface area contributed by atoms with Crippen LogP contribution in [-0.2, 0) is 23.9 Å². The summed E-state index contributed by atoms with van der Waals surface area (Å²) in [6.07, 6.45) is 2.72. The van der Waals surface area contributed by atoms with Gasteiger partial charge >= 0.3 is 5.97 Å². The van der Waals surface area contributed by atoms with E-state index in [-0.39, 0.29) is 34.9 Å². The van der Waals surface area contributed by atoms with E-state index in [1.54, 1.807) is 4.90 Å². The Kier molecular flexibility index (Phi) is 6.78. The van der Waals surface area contributed by atoms with Gasteiger partial charge in [-0.25, -0.2) is 0 Å². The average Bonchev–Trinajstić information content (AvgIpc) is 2.52. The van der Waals surface area contributed by atoms with Crippen LogP contribution in [0.25, 0.3) is 0 Å². The molecule has 0 aromatic rings. The Morgan fingerprint density at radius 1 is 1.26 bits per heavy atom. The topological polar surface area (TPSA) is 92.8 Å². The van der Waals surface area contributed by atoms with Crippen molar-refractivity contribution >= 4 is 23.4 Å². The lowest BCUT2D eigenvalue weighted by molar-refractivity contribution is -0.148. The van der Waals surface area contributed by atoms with Gasteiger partial charge in [-0.2, -0.15) is 0 Å².